The van der Waals surface area contributed by atoms with Crippen LogP contribution in [0.15, 0.2) is 4.99 Å². The van der Waals surface area contributed by atoms with Crippen molar-refractivity contribution in [1.82, 2.24) is 0 Å². The molecule has 1 unspecified atom stereocenters. The normalized spacial score (nSPS) is 29.6. The van der Waals surface area contributed by atoms with Gasteiger partial charge in [-0.2, -0.15) is 0 Å². The fraction of sp³-hybridized carbons (Fsp3) is 0.800. The lowest BCUT2D eigenvalue weighted by Gasteiger charge is -2.13. The molecule has 46 valence electrons. The van der Waals surface area contributed by atoms with Gasteiger partial charge in [-0.3, -0.25) is 4.99 Å². The summed E-state index contributed by atoms with van der Waals surface area (Å²) >= 11 is 0. The van der Waals surface area contributed by atoms with Crippen LogP contribution in [0.3, 0.4) is 0 Å². The molecule has 0 bridgehead atoms. The number of nitrogens with zero attached hydrogens (tertiary/aromatic N) is 1. The highest BCUT2D eigenvalue weighted by Gasteiger charge is 2.06. The molecule has 8 heavy (non-hydrogen) atoms. The van der Waals surface area contributed by atoms with Crippen LogP contribution in [0.25, 0.3) is 0 Å². The van der Waals surface area contributed by atoms with Crippen LogP contribution >= 0.6 is 0 Å². The highest BCUT2D eigenvalue weighted by atomic mass is 16.5. The average molecular weight is 114 g/mol. The summed E-state index contributed by atoms with van der Waals surface area (Å²) in [5, 5.41) is 0. The number of hydrogen-bond donors (Lipinski definition) is 1. The summed E-state index contributed by atoms with van der Waals surface area (Å²) in [4.78, 5) is 4.05. The van der Waals surface area contributed by atoms with E-state index in [1.165, 1.54) is 0 Å². The maximum absolute atomic E-state index is 5.35. The lowest BCUT2D eigenvalue weighted by Crippen LogP contribution is -2.29. The zero-order chi connectivity index (χ0) is 5.98. The van der Waals surface area contributed by atoms with Crippen molar-refractivity contribution in [2.75, 3.05) is 13.2 Å². The fourth-order valence-corrected chi connectivity index (χ4v) is 0.692. The van der Waals surface area contributed by atoms with Crippen LogP contribution in [0.2, 0.25) is 0 Å². The van der Waals surface area contributed by atoms with Gasteiger partial charge in [-0.25, -0.2) is 0 Å². The van der Waals surface area contributed by atoms with E-state index in [1.54, 1.807) is 0 Å². The molecule has 0 aliphatic carbocycles. The summed E-state index contributed by atoms with van der Waals surface area (Å²) < 4.78 is 5.04. The third kappa shape index (κ3) is 1.20. The monoisotopic (exact) mass is 114 g/mol. The molecule has 1 aliphatic rings. The second-order valence-electron chi connectivity index (χ2n) is 1.98. The maximum atomic E-state index is 5.35. The molecular formula is C5H10N2O. The first kappa shape index (κ1) is 5.56. The van der Waals surface area contributed by atoms with Gasteiger partial charge in [-0.1, -0.05) is 0 Å². The number of nitrogens with two attached hydrogens (primary N) is 1. The lowest BCUT2D eigenvalue weighted by atomic mass is 10.3. The molecule has 1 aliphatic heterocycles. The van der Waals surface area contributed by atoms with E-state index in [-0.39, 0.29) is 6.04 Å². The molecule has 2 N–H and O–H groups in total. The van der Waals surface area contributed by atoms with E-state index in [9.17, 15) is 0 Å². The largest absolute Gasteiger partial charge is 0.386 e. The van der Waals surface area contributed by atoms with E-state index in [2.05, 4.69) is 4.99 Å². The van der Waals surface area contributed by atoms with Gasteiger partial charge in [0.25, 0.3) is 0 Å². The quantitative estimate of drug-likeness (QED) is 0.472. The Morgan fingerprint density at radius 3 is 3.00 bits per heavy atom. The molecule has 0 aromatic carbocycles. The van der Waals surface area contributed by atoms with Crippen LogP contribution in [0.5, 0.6) is 0 Å². The highest BCUT2D eigenvalue weighted by molar-refractivity contribution is 5.82. The summed E-state index contributed by atoms with van der Waals surface area (Å²) in [5.74, 6) is 0.615. The first-order chi connectivity index (χ1) is 3.79. The topological polar surface area (TPSA) is 47.6 Å². The van der Waals surface area contributed by atoms with E-state index >= 15 is 0 Å². The predicted octanol–water partition coefficient (Wildman–Crippen LogP) is -0.238. The van der Waals surface area contributed by atoms with Crippen molar-refractivity contribution < 1.29 is 4.74 Å². The summed E-state index contributed by atoms with van der Waals surface area (Å²) in [6.07, 6.45) is 0. The molecule has 0 aromatic heterocycles. The van der Waals surface area contributed by atoms with Crippen molar-refractivity contribution >= 4 is 5.84 Å². The van der Waals surface area contributed by atoms with Gasteiger partial charge in [-0.05, 0) is 6.92 Å². The van der Waals surface area contributed by atoms with Crippen molar-refractivity contribution in [2.24, 2.45) is 10.7 Å². The minimum absolute atomic E-state index is 0.253. The zero-order valence-electron chi connectivity index (χ0n) is 4.92. The van der Waals surface area contributed by atoms with Gasteiger partial charge in [0.15, 0.2) is 0 Å². The van der Waals surface area contributed by atoms with Gasteiger partial charge in [0, 0.05) is 0 Å². The van der Waals surface area contributed by atoms with E-state index in [0.29, 0.717) is 19.0 Å². The second kappa shape index (κ2) is 2.13. The number of amidine groups is 1. The Bertz CT molecular complexity index is 111. The highest BCUT2D eigenvalue weighted by Crippen LogP contribution is 1.96. The number of ether oxygens (including phenoxy) is 1. The van der Waals surface area contributed by atoms with Crippen LogP contribution in [-0.4, -0.2) is 25.1 Å². The molecule has 1 heterocycles. The van der Waals surface area contributed by atoms with Crippen LogP contribution in [0.4, 0.5) is 0 Å². The first-order valence-corrected chi connectivity index (χ1v) is 2.69. The zero-order valence-corrected chi connectivity index (χ0v) is 4.92. The third-order valence-corrected chi connectivity index (χ3v) is 0.995. The van der Waals surface area contributed by atoms with Crippen molar-refractivity contribution in [3.63, 3.8) is 0 Å². The Kier molecular flexibility index (Phi) is 1.48. The fourth-order valence-electron chi connectivity index (χ4n) is 0.692. The Hall–Kier alpha value is -0.570. The summed E-state index contributed by atoms with van der Waals surface area (Å²) in [7, 11) is 0. The summed E-state index contributed by atoms with van der Waals surface area (Å²) in [5.41, 5.74) is 5.35. The van der Waals surface area contributed by atoms with Gasteiger partial charge >= 0.3 is 0 Å². The maximum Gasteiger partial charge on any atom is 0.120 e. The first-order valence-electron chi connectivity index (χ1n) is 2.69. The minimum atomic E-state index is 0.253. The summed E-state index contributed by atoms with van der Waals surface area (Å²) in [6.45, 7) is 3.19. The summed E-state index contributed by atoms with van der Waals surface area (Å²) in [6, 6.07) is 0.253. The van der Waals surface area contributed by atoms with E-state index in [1.807, 2.05) is 6.92 Å². The van der Waals surface area contributed by atoms with Crippen molar-refractivity contribution in [1.29, 1.82) is 0 Å². The standard InChI is InChI=1S/C5H10N2O/c1-4-2-8-3-5(6)7-4/h4H,2-3H2,1H3,(H2,6,7). The van der Waals surface area contributed by atoms with Crippen molar-refractivity contribution in [2.45, 2.75) is 13.0 Å². The van der Waals surface area contributed by atoms with Crippen molar-refractivity contribution in [3.05, 3.63) is 0 Å². The van der Waals surface area contributed by atoms with Gasteiger partial charge in [0.1, 0.15) is 12.4 Å². The molecule has 0 spiro atoms. The lowest BCUT2D eigenvalue weighted by molar-refractivity contribution is 0.148. The Balaban J connectivity index is 2.50. The minimum Gasteiger partial charge on any atom is -0.386 e. The number of rotatable bonds is 0. The van der Waals surface area contributed by atoms with Crippen LogP contribution < -0.4 is 5.73 Å². The van der Waals surface area contributed by atoms with Crippen LogP contribution in [-0.2, 0) is 4.74 Å². The Morgan fingerprint density at radius 2 is 2.62 bits per heavy atom. The van der Waals surface area contributed by atoms with Crippen LogP contribution in [0, 0.1) is 0 Å². The Morgan fingerprint density at radius 1 is 1.88 bits per heavy atom. The smallest absolute Gasteiger partial charge is 0.120 e. The molecular weight excluding hydrogens is 104 g/mol. The molecule has 0 saturated carbocycles. The molecule has 0 amide bonds. The predicted molar refractivity (Wildman–Crippen MR) is 31.9 cm³/mol. The van der Waals surface area contributed by atoms with Crippen molar-refractivity contribution in [3.8, 4) is 0 Å². The third-order valence-electron chi connectivity index (χ3n) is 0.995. The van der Waals surface area contributed by atoms with Gasteiger partial charge in [0.2, 0.25) is 0 Å². The van der Waals surface area contributed by atoms with E-state index in [4.69, 9.17) is 10.5 Å². The molecule has 0 saturated heterocycles. The second-order valence-corrected chi connectivity index (χ2v) is 1.98. The molecule has 0 radical (unpaired) electrons. The average Bonchev–Trinajstić information content (AvgIpc) is 1.64. The van der Waals surface area contributed by atoms with Gasteiger partial charge < -0.3 is 10.5 Å². The van der Waals surface area contributed by atoms with E-state index in [0.717, 1.165) is 0 Å². The molecule has 0 fully saturated rings. The Labute approximate surface area is 48.5 Å². The molecule has 0 aromatic rings. The van der Waals surface area contributed by atoms with E-state index < -0.39 is 0 Å². The molecule has 1 rings (SSSR count). The number of aliphatic imine (C=N–C) groups is 1. The van der Waals surface area contributed by atoms with Gasteiger partial charge in [-0.15, -0.1) is 0 Å². The molecule has 3 nitrogen and oxygen atoms in total. The molecule has 3 heteroatoms. The molecule has 1 atom stereocenters. The van der Waals surface area contributed by atoms with Gasteiger partial charge in [0.05, 0.1) is 12.6 Å². The van der Waals surface area contributed by atoms with Crippen LogP contribution in [0.1, 0.15) is 6.92 Å². The SMILES string of the molecule is CC1COCC(N)=N1. The number of hydrogen-bond acceptors (Lipinski definition) is 3.